The molecule has 0 amide bonds. The summed E-state index contributed by atoms with van der Waals surface area (Å²) in [6.07, 6.45) is 1.30. The molecule has 0 aromatic rings. The van der Waals surface area contributed by atoms with Gasteiger partial charge in [-0.15, -0.1) is 0 Å². The molecule has 0 aromatic carbocycles. The van der Waals surface area contributed by atoms with Gasteiger partial charge in [0.05, 0.1) is 5.16 Å². The normalized spacial score (nSPS) is 14.8. The minimum absolute atomic E-state index is 0.536. The van der Waals surface area contributed by atoms with Crippen LogP contribution in [0.3, 0.4) is 0 Å². The monoisotopic (exact) mass is 220 g/mol. The Hall–Kier alpha value is 0.215. The van der Waals surface area contributed by atoms with Crippen molar-refractivity contribution < 1.29 is 17.3 Å². The summed E-state index contributed by atoms with van der Waals surface area (Å²) in [5, 5.41) is 0.536. The fourth-order valence-corrected chi connectivity index (χ4v) is 0.841. The molecule has 2 atom stereocenters. The lowest BCUT2D eigenvalue weighted by atomic mass is 9.95. The van der Waals surface area contributed by atoms with Gasteiger partial charge in [0.2, 0.25) is 0 Å². The van der Waals surface area contributed by atoms with Crippen molar-refractivity contribution in [2.45, 2.75) is 39.3 Å². The topological polar surface area (TPSA) is 0 Å². The zero-order chi connectivity index (χ0) is 11.3. The molecule has 13 heavy (non-hydrogen) atoms. The summed E-state index contributed by atoms with van der Waals surface area (Å²) in [6, 6.07) is 0. The maximum Gasteiger partial charge on any atom is 0.673 e. The van der Waals surface area contributed by atoms with Gasteiger partial charge in [-0.2, -0.15) is 0 Å². The fourth-order valence-electron chi connectivity index (χ4n) is 0.553. The average Bonchev–Trinajstić information content (AvgIpc) is 1.80. The van der Waals surface area contributed by atoms with Crippen molar-refractivity contribution in [1.29, 1.82) is 0 Å². The van der Waals surface area contributed by atoms with E-state index < -0.39 is 7.25 Å². The van der Waals surface area contributed by atoms with Gasteiger partial charge in [0.1, 0.15) is 0 Å². The summed E-state index contributed by atoms with van der Waals surface area (Å²) in [5.74, 6) is 0.862. The highest BCUT2D eigenvalue weighted by Gasteiger charge is 2.22. The molecule has 0 fully saturated rings. The molecule has 0 aromatic heterocycles. The van der Waals surface area contributed by atoms with Gasteiger partial charge in [-0.3, -0.25) is 0 Å². The Morgan fingerprint density at radius 2 is 1.46 bits per heavy atom. The van der Waals surface area contributed by atoms with E-state index in [1.807, 2.05) is 0 Å². The molecule has 0 spiro atoms. The second-order valence-corrected chi connectivity index (χ2v) is 5.62. The van der Waals surface area contributed by atoms with E-state index in [0.29, 0.717) is 5.16 Å². The van der Waals surface area contributed by atoms with Gasteiger partial charge in [0.25, 0.3) is 0 Å². The molecule has 2 unspecified atom stereocenters. The van der Waals surface area contributed by atoms with Crippen molar-refractivity contribution in [2.75, 3.05) is 0 Å². The highest BCUT2D eigenvalue weighted by Crippen LogP contribution is 2.28. The molecule has 0 aliphatic heterocycles. The Kier molecular flexibility index (Phi) is 7.05. The minimum atomic E-state index is -6.00. The summed E-state index contributed by atoms with van der Waals surface area (Å²) >= 11 is 0. The zero-order valence-electron chi connectivity index (χ0n) is 8.58. The van der Waals surface area contributed by atoms with E-state index in [0.717, 1.165) is 5.92 Å². The molecule has 0 N–H and O–H groups in total. The average molecular weight is 220 g/mol. The van der Waals surface area contributed by atoms with E-state index in [2.05, 4.69) is 36.9 Å². The largest absolute Gasteiger partial charge is 0.673 e. The molecule has 0 radical (unpaired) electrons. The second kappa shape index (κ2) is 5.84. The Bertz CT molecular complexity index is 123. The molecule has 0 rings (SSSR count). The van der Waals surface area contributed by atoms with E-state index in [1.54, 1.807) is 0 Å². The van der Waals surface area contributed by atoms with Crippen LogP contribution in [0.4, 0.5) is 17.3 Å². The molecule has 0 saturated carbocycles. The predicted molar refractivity (Wildman–Crippen MR) is 54.8 cm³/mol. The zero-order valence-corrected chi connectivity index (χ0v) is 9.99. The highest BCUT2D eigenvalue weighted by molar-refractivity contribution is 7.18. The molecule has 0 aliphatic carbocycles. The second-order valence-electron chi connectivity index (χ2n) is 3.79. The third-order valence-corrected chi connectivity index (χ3v) is 2.64. The van der Waals surface area contributed by atoms with Crippen LogP contribution in [-0.2, 0) is 0 Å². The lowest BCUT2D eigenvalue weighted by molar-refractivity contribution is 0.368. The van der Waals surface area contributed by atoms with Crippen LogP contribution >= 0.6 is 9.24 Å². The number of hydrogen-bond donors (Lipinski definition) is 0. The first-order valence-corrected chi connectivity index (χ1v) is 4.91. The first kappa shape index (κ1) is 15.7. The van der Waals surface area contributed by atoms with E-state index in [-0.39, 0.29) is 0 Å². The van der Waals surface area contributed by atoms with Crippen molar-refractivity contribution in [2.24, 2.45) is 5.92 Å². The Labute approximate surface area is 79.8 Å². The van der Waals surface area contributed by atoms with Gasteiger partial charge in [-0.1, -0.05) is 13.8 Å². The van der Waals surface area contributed by atoms with Crippen LogP contribution in [0, 0.1) is 5.92 Å². The number of hydrogen-bond acceptors (Lipinski definition) is 0. The molecule has 0 aliphatic rings. The summed E-state index contributed by atoms with van der Waals surface area (Å²) in [5.41, 5.74) is 0. The third-order valence-electron chi connectivity index (χ3n) is 1.95. The van der Waals surface area contributed by atoms with Crippen LogP contribution in [0.5, 0.6) is 0 Å². The molecule has 6 heteroatoms. The van der Waals surface area contributed by atoms with Gasteiger partial charge in [-0.25, -0.2) is 0 Å². The first-order chi connectivity index (χ1) is 5.48. The van der Waals surface area contributed by atoms with E-state index in [1.165, 1.54) is 6.42 Å². The van der Waals surface area contributed by atoms with Crippen LogP contribution in [0.1, 0.15) is 34.1 Å². The van der Waals surface area contributed by atoms with Gasteiger partial charge < -0.3 is 17.3 Å². The van der Waals surface area contributed by atoms with E-state index >= 15 is 0 Å². The summed E-state index contributed by atoms with van der Waals surface area (Å²) in [4.78, 5) is 0. The molecular formula is C7H18BF4P. The van der Waals surface area contributed by atoms with Crippen molar-refractivity contribution in [3.05, 3.63) is 0 Å². The molecule has 0 saturated heterocycles. The van der Waals surface area contributed by atoms with E-state index in [4.69, 9.17) is 0 Å². The van der Waals surface area contributed by atoms with Crippen LogP contribution < -0.4 is 0 Å². The summed E-state index contributed by atoms with van der Waals surface area (Å²) in [7, 11) is -3.90. The number of rotatable bonds is 2. The van der Waals surface area contributed by atoms with Gasteiger partial charge in [0.15, 0.2) is 0 Å². The summed E-state index contributed by atoms with van der Waals surface area (Å²) < 4.78 is 39.0. The van der Waals surface area contributed by atoms with Crippen LogP contribution in [0.2, 0.25) is 0 Å². The van der Waals surface area contributed by atoms with Crippen molar-refractivity contribution >= 4 is 16.5 Å². The lowest BCUT2D eigenvalue weighted by Crippen LogP contribution is -2.19. The van der Waals surface area contributed by atoms with Crippen LogP contribution in [0.25, 0.3) is 0 Å². The Balaban J connectivity index is 0. The minimum Gasteiger partial charge on any atom is -0.418 e. The summed E-state index contributed by atoms with van der Waals surface area (Å²) in [6.45, 7) is 9.17. The standard InChI is InChI=1S/C7H17P.BF4/c1-5-6(2)7(3,4)8;2-1(3,4)5/h6H,5,8H2,1-4H3;/q;-1/p+1. The van der Waals surface area contributed by atoms with Crippen molar-refractivity contribution in [3.8, 4) is 0 Å². The van der Waals surface area contributed by atoms with Crippen molar-refractivity contribution in [1.82, 2.24) is 0 Å². The Morgan fingerprint density at radius 1 is 1.23 bits per heavy atom. The molecular weight excluding hydrogens is 202 g/mol. The van der Waals surface area contributed by atoms with Gasteiger partial charge in [0, 0.05) is 0 Å². The molecule has 0 nitrogen and oxygen atoms in total. The molecule has 0 heterocycles. The predicted octanol–water partition coefficient (Wildman–Crippen LogP) is 3.72. The molecule has 0 bridgehead atoms. The number of halogens is 4. The fraction of sp³-hybridized carbons (Fsp3) is 1.00. The SMILES string of the molecule is CCC(C)C(C)(C)[PH3+].F[B-](F)(F)F. The van der Waals surface area contributed by atoms with Crippen LogP contribution in [-0.4, -0.2) is 12.4 Å². The smallest absolute Gasteiger partial charge is 0.418 e. The Morgan fingerprint density at radius 3 is 1.46 bits per heavy atom. The quantitative estimate of drug-likeness (QED) is 0.378. The lowest BCUT2D eigenvalue weighted by Gasteiger charge is -2.20. The molecule has 82 valence electrons. The van der Waals surface area contributed by atoms with Gasteiger partial charge >= 0.3 is 7.25 Å². The van der Waals surface area contributed by atoms with Crippen molar-refractivity contribution in [3.63, 3.8) is 0 Å². The van der Waals surface area contributed by atoms with Gasteiger partial charge in [-0.05, 0) is 35.4 Å². The van der Waals surface area contributed by atoms with Crippen LogP contribution in [0.15, 0.2) is 0 Å². The first-order valence-electron chi connectivity index (χ1n) is 4.21. The third kappa shape index (κ3) is 18.9. The van der Waals surface area contributed by atoms with E-state index in [9.17, 15) is 17.3 Å². The maximum atomic E-state index is 9.75. The highest BCUT2D eigenvalue weighted by atomic mass is 31.0. The maximum absolute atomic E-state index is 9.75.